The van der Waals surface area contributed by atoms with Crippen molar-refractivity contribution in [2.24, 2.45) is 5.92 Å². The van der Waals surface area contributed by atoms with Crippen molar-refractivity contribution in [3.05, 3.63) is 28.2 Å². The number of hydrogen-bond acceptors (Lipinski definition) is 2. The number of rotatable bonds is 4. The summed E-state index contributed by atoms with van der Waals surface area (Å²) in [4.78, 5) is 14.1. The zero-order chi connectivity index (χ0) is 12.5. The molecule has 0 radical (unpaired) electrons. The first-order valence-electron chi connectivity index (χ1n) is 6.45. The lowest BCUT2D eigenvalue weighted by atomic mass is 10.1. The van der Waals surface area contributed by atoms with Crippen LogP contribution < -0.4 is 4.74 Å². The van der Waals surface area contributed by atoms with Crippen molar-refractivity contribution >= 4 is 21.8 Å². The summed E-state index contributed by atoms with van der Waals surface area (Å²) < 4.78 is 6.76. The average molecular weight is 310 g/mol. The molecule has 1 aromatic rings. The molecule has 0 N–H and O–H groups in total. The molecule has 2 fully saturated rings. The van der Waals surface area contributed by atoms with Crippen molar-refractivity contribution in [3.8, 4) is 5.75 Å². The van der Waals surface area contributed by atoms with E-state index in [0.717, 1.165) is 30.6 Å². The van der Waals surface area contributed by atoms with Crippen LogP contribution in [0.15, 0.2) is 22.7 Å². The largest absolute Gasteiger partial charge is 0.492 e. The van der Waals surface area contributed by atoms with Gasteiger partial charge in [0.1, 0.15) is 5.75 Å². The number of carbonyl (C=O) groups is 1. The van der Waals surface area contributed by atoms with Crippen LogP contribution in [0.1, 0.15) is 29.6 Å². The minimum Gasteiger partial charge on any atom is -0.492 e. The molecule has 0 bridgehead atoms. The Morgan fingerprint density at radius 1 is 1.39 bits per heavy atom. The smallest absolute Gasteiger partial charge is 0.257 e. The van der Waals surface area contributed by atoms with Crippen LogP contribution in [-0.4, -0.2) is 30.5 Å². The fourth-order valence-corrected chi connectivity index (χ4v) is 2.31. The summed E-state index contributed by atoms with van der Waals surface area (Å²) in [6, 6.07) is 5.65. The number of amides is 1. The van der Waals surface area contributed by atoms with Crippen LogP contribution in [0.4, 0.5) is 0 Å². The standard InChI is InChI=1S/C14H16BrNO2/c15-11-4-5-12(14(17)16-6-1-7-16)13(8-11)18-9-10-2-3-10/h4-5,8,10H,1-3,6-7,9H2. The van der Waals surface area contributed by atoms with Gasteiger partial charge in [0.15, 0.2) is 0 Å². The number of likely N-dealkylation sites (tertiary alicyclic amines) is 1. The zero-order valence-corrected chi connectivity index (χ0v) is 11.8. The molecule has 0 atom stereocenters. The summed E-state index contributed by atoms with van der Waals surface area (Å²) in [6.07, 6.45) is 3.62. The minimum atomic E-state index is 0.0968. The zero-order valence-electron chi connectivity index (χ0n) is 10.2. The summed E-state index contributed by atoms with van der Waals surface area (Å²) in [6.45, 7) is 2.48. The van der Waals surface area contributed by atoms with E-state index < -0.39 is 0 Å². The Balaban J connectivity index is 1.79. The van der Waals surface area contributed by atoms with E-state index in [4.69, 9.17) is 4.74 Å². The summed E-state index contributed by atoms with van der Waals surface area (Å²) in [7, 11) is 0. The van der Waals surface area contributed by atoms with Gasteiger partial charge in [-0.2, -0.15) is 0 Å². The molecule has 1 aromatic carbocycles. The van der Waals surface area contributed by atoms with Gasteiger partial charge < -0.3 is 9.64 Å². The lowest BCUT2D eigenvalue weighted by Crippen LogP contribution is -2.42. The van der Waals surface area contributed by atoms with E-state index >= 15 is 0 Å². The Bertz CT molecular complexity index is 467. The molecule has 1 aliphatic heterocycles. The number of hydrogen-bond donors (Lipinski definition) is 0. The molecule has 1 heterocycles. The maximum Gasteiger partial charge on any atom is 0.257 e. The molecule has 96 valence electrons. The van der Waals surface area contributed by atoms with Crippen molar-refractivity contribution < 1.29 is 9.53 Å². The highest BCUT2D eigenvalue weighted by atomic mass is 79.9. The van der Waals surface area contributed by atoms with Crippen molar-refractivity contribution in [2.45, 2.75) is 19.3 Å². The fraction of sp³-hybridized carbons (Fsp3) is 0.500. The first-order chi connectivity index (χ1) is 8.74. The van der Waals surface area contributed by atoms with Crippen molar-refractivity contribution in [3.63, 3.8) is 0 Å². The van der Waals surface area contributed by atoms with Crippen molar-refractivity contribution in [1.82, 2.24) is 4.90 Å². The highest BCUT2D eigenvalue weighted by Crippen LogP contribution is 2.32. The molecule has 4 heteroatoms. The van der Waals surface area contributed by atoms with Gasteiger partial charge in [0.05, 0.1) is 12.2 Å². The molecular weight excluding hydrogens is 294 g/mol. The molecule has 0 spiro atoms. The van der Waals surface area contributed by atoms with E-state index in [1.807, 2.05) is 23.1 Å². The van der Waals surface area contributed by atoms with Gasteiger partial charge in [0.25, 0.3) is 5.91 Å². The highest BCUT2D eigenvalue weighted by molar-refractivity contribution is 9.10. The van der Waals surface area contributed by atoms with E-state index in [1.165, 1.54) is 12.8 Å². The first kappa shape index (κ1) is 12.0. The van der Waals surface area contributed by atoms with E-state index in [-0.39, 0.29) is 5.91 Å². The molecule has 1 saturated carbocycles. The Morgan fingerprint density at radius 3 is 2.78 bits per heavy atom. The molecule has 1 saturated heterocycles. The second-order valence-electron chi connectivity index (χ2n) is 5.04. The predicted molar refractivity (Wildman–Crippen MR) is 72.9 cm³/mol. The maximum atomic E-state index is 12.2. The number of nitrogens with zero attached hydrogens (tertiary/aromatic N) is 1. The van der Waals surface area contributed by atoms with Crippen LogP contribution in [-0.2, 0) is 0 Å². The summed E-state index contributed by atoms with van der Waals surface area (Å²) in [5.74, 6) is 1.50. The Kier molecular flexibility index (Phi) is 3.29. The second kappa shape index (κ2) is 4.92. The second-order valence-corrected chi connectivity index (χ2v) is 5.96. The van der Waals surface area contributed by atoms with Gasteiger partial charge in [-0.15, -0.1) is 0 Å². The Labute approximate surface area is 115 Å². The molecular formula is C14H16BrNO2. The minimum absolute atomic E-state index is 0.0968. The lowest BCUT2D eigenvalue weighted by molar-refractivity contribution is 0.0647. The highest BCUT2D eigenvalue weighted by Gasteiger charge is 2.26. The third-order valence-electron chi connectivity index (χ3n) is 3.49. The first-order valence-corrected chi connectivity index (χ1v) is 7.25. The van der Waals surface area contributed by atoms with E-state index in [2.05, 4.69) is 15.9 Å². The number of ether oxygens (including phenoxy) is 1. The summed E-state index contributed by atoms with van der Waals surface area (Å²) >= 11 is 3.43. The summed E-state index contributed by atoms with van der Waals surface area (Å²) in [5, 5.41) is 0. The quantitative estimate of drug-likeness (QED) is 0.855. The number of halogens is 1. The van der Waals surface area contributed by atoms with E-state index in [9.17, 15) is 4.79 Å². The molecule has 3 nitrogen and oxygen atoms in total. The van der Waals surface area contributed by atoms with Crippen molar-refractivity contribution in [2.75, 3.05) is 19.7 Å². The van der Waals surface area contributed by atoms with Gasteiger partial charge in [0, 0.05) is 17.6 Å². The van der Waals surface area contributed by atoms with Gasteiger partial charge in [-0.05, 0) is 43.4 Å². The molecule has 0 aromatic heterocycles. The topological polar surface area (TPSA) is 29.5 Å². The van der Waals surface area contributed by atoms with Gasteiger partial charge in [0.2, 0.25) is 0 Å². The monoisotopic (exact) mass is 309 g/mol. The van der Waals surface area contributed by atoms with Crippen LogP contribution in [0, 0.1) is 5.92 Å². The van der Waals surface area contributed by atoms with Gasteiger partial charge in [-0.1, -0.05) is 15.9 Å². The SMILES string of the molecule is O=C(c1ccc(Br)cc1OCC1CC1)N1CCC1. The lowest BCUT2D eigenvalue weighted by Gasteiger charge is -2.31. The molecule has 2 aliphatic rings. The van der Waals surface area contributed by atoms with Crippen LogP contribution in [0.3, 0.4) is 0 Å². The normalized spacial score (nSPS) is 18.4. The average Bonchev–Trinajstić information content (AvgIpc) is 3.07. The molecule has 3 rings (SSSR count). The molecule has 0 unspecified atom stereocenters. The Hall–Kier alpha value is -1.03. The number of benzene rings is 1. The predicted octanol–water partition coefficient (Wildman–Crippen LogP) is 3.08. The van der Waals surface area contributed by atoms with Crippen LogP contribution in [0.5, 0.6) is 5.75 Å². The molecule has 1 amide bonds. The summed E-state index contributed by atoms with van der Waals surface area (Å²) in [5.41, 5.74) is 0.693. The molecule has 18 heavy (non-hydrogen) atoms. The third-order valence-corrected chi connectivity index (χ3v) is 3.98. The third kappa shape index (κ3) is 2.53. The van der Waals surface area contributed by atoms with Crippen LogP contribution in [0.25, 0.3) is 0 Å². The number of carbonyl (C=O) groups excluding carboxylic acids is 1. The fourth-order valence-electron chi connectivity index (χ4n) is 1.97. The van der Waals surface area contributed by atoms with Gasteiger partial charge in [-0.3, -0.25) is 4.79 Å². The van der Waals surface area contributed by atoms with Gasteiger partial charge in [-0.25, -0.2) is 0 Å². The van der Waals surface area contributed by atoms with Crippen molar-refractivity contribution in [1.29, 1.82) is 0 Å². The molecule has 1 aliphatic carbocycles. The van der Waals surface area contributed by atoms with E-state index in [1.54, 1.807) is 0 Å². The van der Waals surface area contributed by atoms with E-state index in [0.29, 0.717) is 17.2 Å². The Morgan fingerprint density at radius 2 is 2.17 bits per heavy atom. The van der Waals surface area contributed by atoms with Crippen LogP contribution in [0.2, 0.25) is 0 Å². The van der Waals surface area contributed by atoms with Gasteiger partial charge >= 0.3 is 0 Å². The maximum absolute atomic E-state index is 12.2. The van der Waals surface area contributed by atoms with Crippen LogP contribution >= 0.6 is 15.9 Å².